The third-order valence-corrected chi connectivity index (χ3v) is 4.33. The van der Waals surface area contributed by atoms with E-state index >= 15 is 0 Å². The Hall–Kier alpha value is -2.04. The van der Waals surface area contributed by atoms with Gasteiger partial charge in [-0.25, -0.2) is 9.78 Å². The number of anilines is 1. The van der Waals surface area contributed by atoms with Crippen LogP contribution in [0.4, 0.5) is 10.5 Å². The molecule has 0 fully saturated rings. The highest BCUT2D eigenvalue weighted by Gasteiger charge is 2.13. The number of amides is 2. The van der Waals surface area contributed by atoms with E-state index in [0.717, 1.165) is 9.90 Å². The number of nitriles is 1. The molecule has 1 aromatic heterocycles. The largest absolute Gasteiger partial charge is 0.321 e. The summed E-state index contributed by atoms with van der Waals surface area (Å²) < 4.78 is 0. The first-order valence-electron chi connectivity index (χ1n) is 6.12. The highest BCUT2D eigenvalue weighted by molar-refractivity contribution is 7.98. The third kappa shape index (κ3) is 3.97. The second-order valence-electron chi connectivity index (χ2n) is 4.24. The van der Waals surface area contributed by atoms with E-state index in [1.54, 1.807) is 30.3 Å². The van der Waals surface area contributed by atoms with Crippen molar-refractivity contribution in [3.63, 3.8) is 0 Å². The van der Waals surface area contributed by atoms with E-state index in [0.29, 0.717) is 17.8 Å². The number of thiazole rings is 1. The average molecular weight is 318 g/mol. The summed E-state index contributed by atoms with van der Waals surface area (Å²) in [6, 6.07) is 7.10. The van der Waals surface area contributed by atoms with Crippen LogP contribution in [0.2, 0.25) is 0 Å². The van der Waals surface area contributed by atoms with Crippen molar-refractivity contribution in [3.05, 3.63) is 40.3 Å². The number of benzene rings is 1. The van der Waals surface area contributed by atoms with Gasteiger partial charge >= 0.3 is 6.03 Å². The fraction of sp³-hybridized carbons (Fsp3) is 0.214. The van der Waals surface area contributed by atoms with Gasteiger partial charge in [0, 0.05) is 23.5 Å². The monoisotopic (exact) mass is 318 g/mol. The number of carbonyl (C=O) groups is 1. The number of rotatable bonds is 4. The Bertz CT molecular complexity index is 664. The molecule has 7 heteroatoms. The van der Waals surface area contributed by atoms with Crippen LogP contribution in [0.3, 0.4) is 0 Å². The van der Waals surface area contributed by atoms with Crippen LogP contribution in [-0.4, -0.2) is 29.2 Å². The van der Waals surface area contributed by atoms with Crippen molar-refractivity contribution in [1.82, 2.24) is 9.88 Å². The summed E-state index contributed by atoms with van der Waals surface area (Å²) in [5.41, 5.74) is 1.17. The molecule has 0 spiro atoms. The number of thioether (sulfide) groups is 1. The van der Waals surface area contributed by atoms with Gasteiger partial charge in [0.15, 0.2) is 0 Å². The van der Waals surface area contributed by atoms with Crippen molar-refractivity contribution >= 4 is 34.8 Å². The predicted molar refractivity (Wildman–Crippen MR) is 85.5 cm³/mol. The molecule has 1 heterocycles. The van der Waals surface area contributed by atoms with Crippen LogP contribution < -0.4 is 5.32 Å². The highest BCUT2D eigenvalue weighted by atomic mass is 32.2. The molecule has 0 bridgehead atoms. The van der Waals surface area contributed by atoms with E-state index in [-0.39, 0.29) is 6.03 Å². The fourth-order valence-electron chi connectivity index (χ4n) is 1.69. The Morgan fingerprint density at radius 1 is 1.57 bits per heavy atom. The molecule has 5 nitrogen and oxygen atoms in total. The first kappa shape index (κ1) is 15.4. The number of nitrogens with one attached hydrogen (secondary N) is 1. The van der Waals surface area contributed by atoms with Crippen molar-refractivity contribution in [2.45, 2.75) is 11.4 Å². The van der Waals surface area contributed by atoms with Gasteiger partial charge in [-0.3, -0.25) is 0 Å². The van der Waals surface area contributed by atoms with Gasteiger partial charge in [-0.1, -0.05) is 0 Å². The molecule has 1 N–H and O–H groups in total. The Labute approximate surface area is 131 Å². The van der Waals surface area contributed by atoms with Gasteiger partial charge in [0.2, 0.25) is 0 Å². The van der Waals surface area contributed by atoms with Crippen LogP contribution in [-0.2, 0) is 6.54 Å². The fourth-order valence-corrected chi connectivity index (χ4v) is 2.89. The maximum Gasteiger partial charge on any atom is 0.321 e. The van der Waals surface area contributed by atoms with Crippen molar-refractivity contribution < 1.29 is 4.79 Å². The number of hydrogen-bond donors (Lipinski definition) is 1. The summed E-state index contributed by atoms with van der Waals surface area (Å²) in [7, 11) is 1.71. The second kappa shape index (κ2) is 7.11. The first-order valence-corrected chi connectivity index (χ1v) is 8.23. The highest BCUT2D eigenvalue weighted by Crippen LogP contribution is 2.26. The van der Waals surface area contributed by atoms with Gasteiger partial charge in [0.25, 0.3) is 0 Å². The second-order valence-corrected chi connectivity index (χ2v) is 6.07. The molecule has 2 amide bonds. The number of carbonyl (C=O) groups excluding carboxylic acids is 1. The summed E-state index contributed by atoms with van der Waals surface area (Å²) in [6.45, 7) is 0.454. The van der Waals surface area contributed by atoms with Gasteiger partial charge in [0.05, 0.1) is 23.9 Å². The quantitative estimate of drug-likeness (QED) is 0.877. The van der Waals surface area contributed by atoms with Crippen molar-refractivity contribution in [3.8, 4) is 6.07 Å². The zero-order valence-corrected chi connectivity index (χ0v) is 13.3. The lowest BCUT2D eigenvalue weighted by molar-refractivity contribution is 0.220. The van der Waals surface area contributed by atoms with Gasteiger partial charge in [-0.05, 0) is 24.5 Å². The van der Waals surface area contributed by atoms with Gasteiger partial charge in [-0.2, -0.15) is 5.26 Å². The topological polar surface area (TPSA) is 69.0 Å². The molecule has 0 aliphatic heterocycles. The molecule has 0 saturated heterocycles. The Balaban J connectivity index is 2.10. The number of nitrogens with zero attached hydrogens (tertiary/aromatic N) is 3. The molecule has 0 unspecified atom stereocenters. The molecule has 21 heavy (non-hydrogen) atoms. The van der Waals surface area contributed by atoms with Crippen LogP contribution in [0, 0.1) is 11.3 Å². The lowest BCUT2D eigenvalue weighted by Gasteiger charge is -2.18. The molecule has 108 valence electrons. The summed E-state index contributed by atoms with van der Waals surface area (Å²) in [4.78, 5) is 18.8. The Morgan fingerprint density at radius 2 is 2.38 bits per heavy atom. The van der Waals surface area contributed by atoms with Gasteiger partial charge in [-0.15, -0.1) is 23.1 Å². The van der Waals surface area contributed by atoms with E-state index in [9.17, 15) is 4.79 Å². The van der Waals surface area contributed by atoms with Crippen LogP contribution in [0.1, 0.15) is 10.6 Å². The smallest absolute Gasteiger partial charge is 0.321 e. The van der Waals surface area contributed by atoms with Gasteiger partial charge in [0.1, 0.15) is 5.01 Å². The molecule has 0 aliphatic rings. The zero-order chi connectivity index (χ0) is 15.2. The summed E-state index contributed by atoms with van der Waals surface area (Å²) in [5.74, 6) is 0. The normalized spacial score (nSPS) is 9.95. The SMILES string of the molecule is CSc1ccc(C#N)cc1NC(=O)N(C)Cc1nccs1. The minimum absolute atomic E-state index is 0.226. The molecular weight excluding hydrogens is 304 g/mol. The Morgan fingerprint density at radius 3 is 3.00 bits per heavy atom. The zero-order valence-electron chi connectivity index (χ0n) is 11.7. The van der Waals surface area contributed by atoms with E-state index in [1.165, 1.54) is 23.1 Å². The molecule has 0 radical (unpaired) electrons. The number of aromatic nitrogens is 1. The lowest BCUT2D eigenvalue weighted by atomic mass is 10.2. The van der Waals surface area contributed by atoms with Crippen molar-refractivity contribution in [2.24, 2.45) is 0 Å². The van der Waals surface area contributed by atoms with E-state index in [4.69, 9.17) is 5.26 Å². The van der Waals surface area contributed by atoms with E-state index in [1.807, 2.05) is 17.7 Å². The molecule has 2 rings (SSSR count). The number of urea groups is 1. The van der Waals surface area contributed by atoms with Crippen LogP contribution in [0.15, 0.2) is 34.7 Å². The lowest BCUT2D eigenvalue weighted by Crippen LogP contribution is -2.31. The molecule has 0 saturated carbocycles. The average Bonchev–Trinajstić information content (AvgIpc) is 2.99. The predicted octanol–water partition coefficient (Wildman–Crippen LogP) is 3.40. The van der Waals surface area contributed by atoms with Crippen molar-refractivity contribution in [2.75, 3.05) is 18.6 Å². The standard InChI is InChI=1S/C14H14N4OS2/c1-18(9-13-16-5-6-21-13)14(19)17-11-7-10(8-15)3-4-12(11)20-2/h3-7H,9H2,1-2H3,(H,17,19). The van der Waals surface area contributed by atoms with E-state index < -0.39 is 0 Å². The molecular formula is C14H14N4OS2. The number of hydrogen-bond acceptors (Lipinski definition) is 5. The van der Waals surface area contributed by atoms with Crippen LogP contribution >= 0.6 is 23.1 Å². The molecule has 0 aliphatic carbocycles. The first-order chi connectivity index (χ1) is 10.1. The van der Waals surface area contributed by atoms with Gasteiger partial charge < -0.3 is 10.2 Å². The molecule has 1 aromatic carbocycles. The maximum absolute atomic E-state index is 12.2. The van der Waals surface area contributed by atoms with E-state index in [2.05, 4.69) is 16.4 Å². The maximum atomic E-state index is 12.2. The summed E-state index contributed by atoms with van der Waals surface area (Å²) in [5, 5.41) is 14.6. The molecule has 0 atom stereocenters. The summed E-state index contributed by atoms with van der Waals surface area (Å²) >= 11 is 3.03. The Kier molecular flexibility index (Phi) is 5.20. The van der Waals surface area contributed by atoms with Crippen LogP contribution in [0.5, 0.6) is 0 Å². The molecule has 2 aromatic rings. The third-order valence-electron chi connectivity index (χ3n) is 2.77. The minimum atomic E-state index is -0.226. The van der Waals surface area contributed by atoms with Crippen LogP contribution in [0.25, 0.3) is 0 Å². The summed E-state index contributed by atoms with van der Waals surface area (Å²) in [6.07, 6.45) is 3.64. The minimum Gasteiger partial charge on any atom is -0.321 e. The van der Waals surface area contributed by atoms with Crippen molar-refractivity contribution in [1.29, 1.82) is 5.26 Å².